The standard InChI is InChI=1S/C19H21FN2O/c1-14-18-12-16(20)9-8-15(18)10-11-22(14)13-19(23)21(2)17-6-4-3-5-7-17/h3-9,12,14H,10-11,13H2,1-2H3. The van der Waals surface area contributed by atoms with Crippen LogP contribution >= 0.6 is 0 Å². The smallest absolute Gasteiger partial charge is 0.240 e. The van der Waals surface area contributed by atoms with Crippen molar-refractivity contribution in [1.82, 2.24) is 4.90 Å². The Labute approximate surface area is 136 Å². The third-order valence-corrected chi connectivity index (χ3v) is 4.63. The van der Waals surface area contributed by atoms with Gasteiger partial charge in [-0.2, -0.15) is 0 Å². The van der Waals surface area contributed by atoms with Crippen LogP contribution in [-0.4, -0.2) is 30.9 Å². The predicted molar refractivity (Wildman–Crippen MR) is 89.9 cm³/mol. The Kier molecular flexibility index (Phi) is 4.44. The van der Waals surface area contributed by atoms with E-state index in [2.05, 4.69) is 4.90 Å². The number of para-hydroxylation sites is 1. The molecule has 0 aliphatic carbocycles. The zero-order valence-corrected chi connectivity index (χ0v) is 13.5. The Bertz CT molecular complexity index is 702. The van der Waals surface area contributed by atoms with Crippen LogP contribution in [0.3, 0.4) is 0 Å². The first-order chi connectivity index (χ1) is 11.1. The molecule has 4 heteroatoms. The molecule has 23 heavy (non-hydrogen) atoms. The molecule has 0 fully saturated rings. The minimum absolute atomic E-state index is 0.0440. The fourth-order valence-electron chi connectivity index (χ4n) is 3.13. The molecular weight excluding hydrogens is 291 g/mol. The van der Waals surface area contributed by atoms with E-state index >= 15 is 0 Å². The number of carbonyl (C=O) groups excluding carboxylic acids is 1. The zero-order chi connectivity index (χ0) is 16.4. The fourth-order valence-corrected chi connectivity index (χ4v) is 3.13. The summed E-state index contributed by atoms with van der Waals surface area (Å²) in [7, 11) is 1.79. The lowest BCUT2D eigenvalue weighted by molar-refractivity contribution is -0.120. The lowest BCUT2D eigenvalue weighted by atomic mass is 9.93. The van der Waals surface area contributed by atoms with Crippen molar-refractivity contribution in [3.8, 4) is 0 Å². The molecule has 0 spiro atoms. The van der Waals surface area contributed by atoms with Gasteiger partial charge in [-0.15, -0.1) is 0 Å². The van der Waals surface area contributed by atoms with Gasteiger partial charge in [0.05, 0.1) is 6.54 Å². The molecule has 1 aliphatic heterocycles. The van der Waals surface area contributed by atoms with Gasteiger partial charge < -0.3 is 4.90 Å². The Hall–Kier alpha value is -2.20. The Morgan fingerprint density at radius 2 is 2.00 bits per heavy atom. The number of carbonyl (C=O) groups is 1. The number of amides is 1. The largest absolute Gasteiger partial charge is 0.314 e. The summed E-state index contributed by atoms with van der Waals surface area (Å²) in [4.78, 5) is 16.3. The maximum Gasteiger partial charge on any atom is 0.240 e. The van der Waals surface area contributed by atoms with Crippen LogP contribution in [0.25, 0.3) is 0 Å². The van der Waals surface area contributed by atoms with Gasteiger partial charge in [0.15, 0.2) is 0 Å². The third kappa shape index (κ3) is 3.27. The first-order valence-corrected chi connectivity index (χ1v) is 7.90. The number of rotatable bonds is 3. The van der Waals surface area contributed by atoms with E-state index in [0.29, 0.717) is 6.54 Å². The zero-order valence-electron chi connectivity index (χ0n) is 13.5. The summed E-state index contributed by atoms with van der Waals surface area (Å²) in [5.41, 5.74) is 3.05. The molecule has 0 N–H and O–H groups in total. The van der Waals surface area contributed by atoms with E-state index in [1.54, 1.807) is 18.0 Å². The number of halogens is 1. The molecule has 1 atom stereocenters. The summed E-state index contributed by atoms with van der Waals surface area (Å²) in [5, 5.41) is 0. The molecular formula is C19H21FN2O. The summed E-state index contributed by atoms with van der Waals surface area (Å²) in [6.07, 6.45) is 0.849. The summed E-state index contributed by atoms with van der Waals surface area (Å²) >= 11 is 0. The van der Waals surface area contributed by atoms with Crippen molar-refractivity contribution in [2.24, 2.45) is 0 Å². The minimum atomic E-state index is -0.217. The lowest BCUT2D eigenvalue weighted by Gasteiger charge is -2.35. The van der Waals surface area contributed by atoms with Gasteiger partial charge in [-0.05, 0) is 48.7 Å². The molecule has 0 radical (unpaired) electrons. The Morgan fingerprint density at radius 3 is 2.74 bits per heavy atom. The second-order valence-corrected chi connectivity index (χ2v) is 6.03. The molecule has 1 amide bonds. The molecule has 0 saturated carbocycles. The topological polar surface area (TPSA) is 23.6 Å². The first kappa shape index (κ1) is 15.7. The van der Waals surface area contributed by atoms with Gasteiger partial charge in [0.2, 0.25) is 5.91 Å². The van der Waals surface area contributed by atoms with Crippen molar-refractivity contribution in [2.45, 2.75) is 19.4 Å². The molecule has 120 valence electrons. The quantitative estimate of drug-likeness (QED) is 0.867. The molecule has 0 saturated heterocycles. The molecule has 2 aromatic carbocycles. The molecule has 1 aliphatic rings. The maximum absolute atomic E-state index is 13.5. The van der Waals surface area contributed by atoms with E-state index in [1.165, 1.54) is 11.6 Å². The number of anilines is 1. The molecule has 0 bridgehead atoms. The van der Waals surface area contributed by atoms with Crippen molar-refractivity contribution in [3.05, 3.63) is 65.5 Å². The Balaban J connectivity index is 1.72. The Morgan fingerprint density at radius 1 is 1.26 bits per heavy atom. The molecule has 2 aromatic rings. The molecule has 0 aromatic heterocycles. The number of nitrogens with zero attached hydrogens (tertiary/aromatic N) is 2. The minimum Gasteiger partial charge on any atom is -0.314 e. The number of hydrogen-bond acceptors (Lipinski definition) is 2. The molecule has 3 rings (SSSR count). The highest BCUT2D eigenvalue weighted by Crippen LogP contribution is 2.29. The highest BCUT2D eigenvalue weighted by Gasteiger charge is 2.26. The third-order valence-electron chi connectivity index (χ3n) is 4.63. The van der Waals surface area contributed by atoms with Crippen LogP contribution in [0.5, 0.6) is 0 Å². The van der Waals surface area contributed by atoms with E-state index in [4.69, 9.17) is 0 Å². The van der Waals surface area contributed by atoms with Crippen LogP contribution in [0.1, 0.15) is 24.1 Å². The van der Waals surface area contributed by atoms with Crippen molar-refractivity contribution in [3.63, 3.8) is 0 Å². The van der Waals surface area contributed by atoms with Gasteiger partial charge in [-0.1, -0.05) is 24.3 Å². The predicted octanol–water partition coefficient (Wildman–Crippen LogP) is 3.41. The maximum atomic E-state index is 13.5. The van der Waals surface area contributed by atoms with Crippen molar-refractivity contribution < 1.29 is 9.18 Å². The van der Waals surface area contributed by atoms with Crippen LogP contribution in [0, 0.1) is 5.82 Å². The van der Waals surface area contributed by atoms with Gasteiger partial charge >= 0.3 is 0 Å². The average Bonchev–Trinajstić information content (AvgIpc) is 2.58. The highest BCUT2D eigenvalue weighted by molar-refractivity contribution is 5.94. The van der Waals surface area contributed by atoms with Crippen LogP contribution < -0.4 is 4.90 Å². The van der Waals surface area contributed by atoms with Gasteiger partial charge in [-0.25, -0.2) is 4.39 Å². The number of benzene rings is 2. The second-order valence-electron chi connectivity index (χ2n) is 6.03. The highest BCUT2D eigenvalue weighted by atomic mass is 19.1. The number of fused-ring (bicyclic) bond motifs is 1. The molecule has 1 unspecified atom stereocenters. The number of hydrogen-bond donors (Lipinski definition) is 0. The summed E-state index contributed by atoms with van der Waals surface area (Å²) in [6.45, 7) is 3.18. The summed E-state index contributed by atoms with van der Waals surface area (Å²) < 4.78 is 13.5. The van der Waals surface area contributed by atoms with E-state index in [0.717, 1.165) is 24.2 Å². The lowest BCUT2D eigenvalue weighted by Crippen LogP contribution is -2.42. The average molecular weight is 312 g/mol. The normalized spacial score (nSPS) is 17.6. The molecule has 1 heterocycles. The SMILES string of the molecule is CC1c2cc(F)ccc2CCN1CC(=O)N(C)c1ccccc1. The first-order valence-electron chi connectivity index (χ1n) is 7.90. The van der Waals surface area contributed by atoms with Crippen molar-refractivity contribution in [1.29, 1.82) is 0 Å². The van der Waals surface area contributed by atoms with Crippen LogP contribution in [0.2, 0.25) is 0 Å². The summed E-state index contributed by atoms with van der Waals surface area (Å²) in [5.74, 6) is -0.173. The van der Waals surface area contributed by atoms with Crippen molar-refractivity contribution >= 4 is 11.6 Å². The van der Waals surface area contributed by atoms with Gasteiger partial charge in [0.1, 0.15) is 5.82 Å². The van der Waals surface area contributed by atoms with Crippen LogP contribution in [0.15, 0.2) is 48.5 Å². The van der Waals surface area contributed by atoms with Crippen molar-refractivity contribution in [2.75, 3.05) is 25.0 Å². The van der Waals surface area contributed by atoms with Gasteiger partial charge in [0.25, 0.3) is 0 Å². The fraction of sp³-hybridized carbons (Fsp3) is 0.316. The van der Waals surface area contributed by atoms with E-state index < -0.39 is 0 Å². The van der Waals surface area contributed by atoms with E-state index in [-0.39, 0.29) is 17.8 Å². The van der Waals surface area contributed by atoms with Crippen LogP contribution in [-0.2, 0) is 11.2 Å². The second kappa shape index (κ2) is 6.50. The van der Waals surface area contributed by atoms with E-state index in [1.807, 2.05) is 43.3 Å². The number of likely N-dealkylation sites (N-methyl/N-ethyl adjacent to an activating group) is 1. The van der Waals surface area contributed by atoms with Gasteiger partial charge in [0, 0.05) is 25.3 Å². The summed E-state index contributed by atoms with van der Waals surface area (Å²) in [6, 6.07) is 14.6. The monoisotopic (exact) mass is 312 g/mol. The van der Waals surface area contributed by atoms with E-state index in [9.17, 15) is 9.18 Å². The van der Waals surface area contributed by atoms with Gasteiger partial charge in [-0.3, -0.25) is 9.69 Å². The van der Waals surface area contributed by atoms with Crippen LogP contribution in [0.4, 0.5) is 10.1 Å². The molecule has 3 nitrogen and oxygen atoms in total.